The Labute approximate surface area is 52.5 Å². The van der Waals surface area contributed by atoms with E-state index in [2.05, 4.69) is 5.92 Å². The lowest BCUT2D eigenvalue weighted by molar-refractivity contribution is 0.565. The molecular formula is C7H5FO. The monoisotopic (exact) mass is 124 g/mol. The fourth-order valence-corrected chi connectivity index (χ4v) is 0.540. The first-order valence-corrected chi connectivity index (χ1v) is 2.49. The molecule has 0 saturated carbocycles. The van der Waals surface area contributed by atoms with Crippen molar-refractivity contribution in [3.05, 3.63) is 23.7 Å². The van der Waals surface area contributed by atoms with E-state index in [0.717, 1.165) is 5.56 Å². The van der Waals surface area contributed by atoms with Crippen LogP contribution in [-0.2, 0) is 0 Å². The Hall–Kier alpha value is -1.23. The second-order valence-corrected chi connectivity index (χ2v) is 1.69. The molecule has 0 aliphatic rings. The van der Waals surface area contributed by atoms with Gasteiger partial charge in [0.1, 0.15) is 12.4 Å². The summed E-state index contributed by atoms with van der Waals surface area (Å²) in [6.07, 6.45) is 4.25. The van der Waals surface area contributed by atoms with Crippen molar-refractivity contribution in [1.82, 2.24) is 0 Å². The number of furan rings is 1. The number of hydrogen-bond donors (Lipinski definition) is 0. The van der Waals surface area contributed by atoms with Gasteiger partial charge in [-0.2, -0.15) is 0 Å². The van der Waals surface area contributed by atoms with Gasteiger partial charge in [0.15, 0.2) is 0 Å². The molecule has 9 heavy (non-hydrogen) atoms. The molecule has 1 aromatic rings. The lowest BCUT2D eigenvalue weighted by Crippen LogP contribution is -1.68. The van der Waals surface area contributed by atoms with Crippen molar-refractivity contribution in [3.63, 3.8) is 0 Å². The molecule has 46 valence electrons. The van der Waals surface area contributed by atoms with E-state index in [1.807, 2.05) is 6.92 Å². The van der Waals surface area contributed by atoms with Gasteiger partial charge in [-0.3, -0.25) is 0 Å². The summed E-state index contributed by atoms with van der Waals surface area (Å²) in [5, 5.41) is 0. The third-order valence-corrected chi connectivity index (χ3v) is 1.04. The number of aryl methyl sites for hydroxylation is 1. The predicted octanol–water partition coefficient (Wildman–Crippen LogP) is 1.87. The van der Waals surface area contributed by atoms with Gasteiger partial charge in [0, 0.05) is 5.56 Å². The average molecular weight is 124 g/mol. The Morgan fingerprint density at radius 1 is 1.56 bits per heavy atom. The second-order valence-electron chi connectivity index (χ2n) is 1.69. The van der Waals surface area contributed by atoms with Crippen molar-refractivity contribution in [2.75, 3.05) is 0 Å². The SMILES string of the molecule is Cc1cocc1C#CF. The van der Waals surface area contributed by atoms with Crippen LogP contribution in [0.25, 0.3) is 0 Å². The van der Waals surface area contributed by atoms with Crippen LogP contribution in [0, 0.1) is 19.0 Å². The van der Waals surface area contributed by atoms with Crippen LogP contribution in [0.1, 0.15) is 11.1 Å². The summed E-state index contributed by atoms with van der Waals surface area (Å²) in [7, 11) is 0. The van der Waals surface area contributed by atoms with Crippen molar-refractivity contribution in [2.45, 2.75) is 6.92 Å². The Bertz CT molecular complexity index is 251. The van der Waals surface area contributed by atoms with Crippen molar-refractivity contribution in [1.29, 1.82) is 0 Å². The van der Waals surface area contributed by atoms with Crippen LogP contribution in [-0.4, -0.2) is 0 Å². The van der Waals surface area contributed by atoms with E-state index >= 15 is 0 Å². The van der Waals surface area contributed by atoms with E-state index in [1.165, 1.54) is 18.7 Å². The van der Waals surface area contributed by atoms with Crippen LogP contribution < -0.4 is 0 Å². The molecule has 1 nitrogen and oxygen atoms in total. The molecule has 0 fully saturated rings. The van der Waals surface area contributed by atoms with Crippen LogP contribution in [0.15, 0.2) is 16.9 Å². The number of halogens is 1. The van der Waals surface area contributed by atoms with Crippen molar-refractivity contribution in [3.8, 4) is 12.1 Å². The first kappa shape index (κ1) is 5.90. The molecule has 1 rings (SSSR count). The van der Waals surface area contributed by atoms with Gasteiger partial charge < -0.3 is 4.42 Å². The van der Waals surface area contributed by atoms with E-state index in [0.29, 0.717) is 5.56 Å². The van der Waals surface area contributed by atoms with Crippen molar-refractivity contribution < 1.29 is 8.81 Å². The zero-order valence-electron chi connectivity index (χ0n) is 4.94. The van der Waals surface area contributed by atoms with Crippen molar-refractivity contribution in [2.24, 2.45) is 0 Å². The predicted molar refractivity (Wildman–Crippen MR) is 31.4 cm³/mol. The smallest absolute Gasteiger partial charge is 0.111 e. The molecule has 0 aliphatic heterocycles. The lowest BCUT2D eigenvalue weighted by Gasteiger charge is -1.77. The molecule has 0 radical (unpaired) electrons. The number of rotatable bonds is 0. The second kappa shape index (κ2) is 2.36. The van der Waals surface area contributed by atoms with Gasteiger partial charge in [-0.15, -0.1) is 4.39 Å². The zero-order valence-corrected chi connectivity index (χ0v) is 4.94. The molecular weight excluding hydrogens is 119 g/mol. The summed E-state index contributed by atoms with van der Waals surface area (Å²) >= 11 is 0. The molecule has 1 heterocycles. The van der Waals surface area contributed by atoms with Gasteiger partial charge >= 0.3 is 0 Å². The Morgan fingerprint density at radius 3 is 2.78 bits per heavy atom. The molecule has 0 saturated heterocycles. The summed E-state index contributed by atoms with van der Waals surface area (Å²) in [4.78, 5) is 0. The first-order chi connectivity index (χ1) is 4.34. The van der Waals surface area contributed by atoms with Crippen molar-refractivity contribution >= 4 is 0 Å². The van der Waals surface area contributed by atoms with Crippen LogP contribution in [0.2, 0.25) is 0 Å². The molecule has 0 amide bonds. The fraction of sp³-hybridized carbons (Fsp3) is 0.143. The Morgan fingerprint density at radius 2 is 2.33 bits per heavy atom. The summed E-state index contributed by atoms with van der Waals surface area (Å²) in [6, 6.07) is 0. The molecule has 0 bridgehead atoms. The van der Waals surface area contributed by atoms with Gasteiger partial charge in [0.05, 0.1) is 11.8 Å². The highest BCUT2D eigenvalue weighted by molar-refractivity contribution is 5.35. The molecule has 1 aromatic heterocycles. The summed E-state index contributed by atoms with van der Waals surface area (Å²) < 4.78 is 16.1. The molecule has 0 spiro atoms. The summed E-state index contributed by atoms with van der Waals surface area (Å²) in [5.74, 6) is 2.25. The maximum Gasteiger partial charge on any atom is 0.111 e. The largest absolute Gasteiger partial charge is 0.471 e. The molecule has 0 N–H and O–H groups in total. The quantitative estimate of drug-likeness (QED) is 0.481. The van der Waals surface area contributed by atoms with E-state index in [9.17, 15) is 4.39 Å². The maximum absolute atomic E-state index is 11.3. The first-order valence-electron chi connectivity index (χ1n) is 2.49. The summed E-state index contributed by atoms with van der Waals surface area (Å²) in [6.45, 7) is 1.81. The van der Waals surface area contributed by atoms with Crippen LogP contribution in [0.5, 0.6) is 0 Å². The maximum atomic E-state index is 11.3. The van der Waals surface area contributed by atoms with Gasteiger partial charge in [0.2, 0.25) is 0 Å². The van der Waals surface area contributed by atoms with E-state index in [1.54, 1.807) is 0 Å². The van der Waals surface area contributed by atoms with E-state index < -0.39 is 0 Å². The molecule has 0 aliphatic carbocycles. The Balaban J connectivity index is 3.03. The fourth-order valence-electron chi connectivity index (χ4n) is 0.540. The molecule has 0 unspecified atom stereocenters. The van der Waals surface area contributed by atoms with Crippen LogP contribution in [0.4, 0.5) is 4.39 Å². The van der Waals surface area contributed by atoms with Gasteiger partial charge in [-0.1, -0.05) is 0 Å². The topological polar surface area (TPSA) is 13.1 Å². The van der Waals surface area contributed by atoms with E-state index in [-0.39, 0.29) is 0 Å². The minimum atomic E-state index is 0.609. The van der Waals surface area contributed by atoms with Crippen LogP contribution in [0.3, 0.4) is 0 Å². The molecule has 0 aromatic carbocycles. The normalized spacial score (nSPS) is 8.22. The van der Waals surface area contributed by atoms with Crippen LogP contribution >= 0.6 is 0 Å². The highest BCUT2D eigenvalue weighted by atomic mass is 19.1. The highest BCUT2D eigenvalue weighted by Crippen LogP contribution is 2.05. The van der Waals surface area contributed by atoms with Gasteiger partial charge in [-0.25, -0.2) is 0 Å². The van der Waals surface area contributed by atoms with Gasteiger partial charge in [0.25, 0.3) is 0 Å². The highest BCUT2D eigenvalue weighted by Gasteiger charge is 1.93. The van der Waals surface area contributed by atoms with Gasteiger partial charge in [-0.05, 0) is 12.8 Å². The third kappa shape index (κ3) is 1.11. The standard InChI is InChI=1S/C7H5FO/c1-6-4-9-5-7(6)2-3-8/h4-5H,1H3. The average Bonchev–Trinajstić information content (AvgIpc) is 2.18. The third-order valence-electron chi connectivity index (χ3n) is 1.04. The van der Waals surface area contributed by atoms with E-state index in [4.69, 9.17) is 4.42 Å². The minimum Gasteiger partial charge on any atom is -0.471 e. The summed E-state index contributed by atoms with van der Waals surface area (Å²) in [5.41, 5.74) is 1.47. The zero-order chi connectivity index (χ0) is 6.69. The lowest BCUT2D eigenvalue weighted by atomic mass is 10.2. The number of hydrogen-bond acceptors (Lipinski definition) is 1. The minimum absolute atomic E-state index is 0.609. The Kier molecular flexibility index (Phi) is 1.55. The molecule has 0 atom stereocenters. The molecule has 2 heteroatoms.